The molecule has 2 aromatic carbocycles. The van der Waals surface area contributed by atoms with Gasteiger partial charge in [0.25, 0.3) is 0 Å². The summed E-state index contributed by atoms with van der Waals surface area (Å²) in [5.74, 6) is -0.439. The van der Waals surface area contributed by atoms with E-state index in [-0.39, 0.29) is 18.2 Å². The Kier molecular flexibility index (Phi) is 5.27. The molecule has 3 aromatic rings. The summed E-state index contributed by atoms with van der Waals surface area (Å²) in [7, 11) is 0. The van der Waals surface area contributed by atoms with Crippen molar-refractivity contribution in [3.8, 4) is 0 Å². The minimum atomic E-state index is -0.513. The predicted octanol–water partition coefficient (Wildman–Crippen LogP) is 3.55. The zero-order valence-electron chi connectivity index (χ0n) is 14.9. The molecule has 28 heavy (non-hydrogen) atoms. The second-order valence-electron chi connectivity index (χ2n) is 6.23. The maximum absolute atomic E-state index is 12.2. The summed E-state index contributed by atoms with van der Waals surface area (Å²) in [5, 5.41) is 10.3. The number of amidine groups is 1. The van der Waals surface area contributed by atoms with Gasteiger partial charge in [-0.2, -0.15) is 0 Å². The summed E-state index contributed by atoms with van der Waals surface area (Å²) in [6.07, 6.45) is 0.0739. The number of nitrogens with one attached hydrogen (secondary N) is 3. The molecule has 1 aliphatic rings. The highest BCUT2D eigenvalue weighted by Gasteiger charge is 2.32. The van der Waals surface area contributed by atoms with Crippen molar-refractivity contribution in [2.75, 3.05) is 10.7 Å². The van der Waals surface area contributed by atoms with E-state index in [4.69, 9.17) is 0 Å². The van der Waals surface area contributed by atoms with Gasteiger partial charge in [0.05, 0.1) is 10.2 Å². The van der Waals surface area contributed by atoms with Crippen LogP contribution in [0.3, 0.4) is 0 Å². The fourth-order valence-electron chi connectivity index (χ4n) is 2.63. The lowest BCUT2D eigenvalue weighted by atomic mass is 10.2. The smallest absolute Gasteiger partial charge is 0.240 e. The average Bonchev–Trinajstić information content (AvgIpc) is 3.25. The number of amides is 2. The SMILES string of the molecule is Cc1ccc(NC(=O)C[C@H]2S/C(=N\Nc3nc4ccccc4s3)NC2=O)cc1. The van der Waals surface area contributed by atoms with Gasteiger partial charge in [0, 0.05) is 12.1 Å². The molecule has 3 N–H and O–H groups in total. The Hall–Kier alpha value is -2.91. The van der Waals surface area contributed by atoms with Crippen molar-refractivity contribution in [2.24, 2.45) is 5.10 Å². The summed E-state index contributed by atoms with van der Waals surface area (Å²) >= 11 is 2.71. The summed E-state index contributed by atoms with van der Waals surface area (Å²) in [6, 6.07) is 15.3. The second kappa shape index (κ2) is 7.99. The van der Waals surface area contributed by atoms with E-state index in [2.05, 4.69) is 26.1 Å². The van der Waals surface area contributed by atoms with Crippen LogP contribution in [0.4, 0.5) is 10.8 Å². The number of thiazole rings is 1. The monoisotopic (exact) mass is 411 g/mol. The van der Waals surface area contributed by atoms with Crippen molar-refractivity contribution < 1.29 is 9.59 Å². The molecule has 1 aliphatic heterocycles. The molecule has 7 nitrogen and oxygen atoms in total. The van der Waals surface area contributed by atoms with Crippen LogP contribution in [-0.4, -0.2) is 27.2 Å². The van der Waals surface area contributed by atoms with Crippen LogP contribution in [0.25, 0.3) is 10.2 Å². The Morgan fingerprint density at radius 3 is 2.79 bits per heavy atom. The lowest BCUT2D eigenvalue weighted by Crippen LogP contribution is -2.28. The molecule has 9 heteroatoms. The first-order valence-corrected chi connectivity index (χ1v) is 10.3. The van der Waals surface area contributed by atoms with Gasteiger partial charge in [-0.1, -0.05) is 52.9 Å². The van der Waals surface area contributed by atoms with E-state index in [1.54, 1.807) is 0 Å². The Bertz CT molecular complexity index is 1030. The molecule has 0 aliphatic carbocycles. The number of hydrazone groups is 1. The first-order chi connectivity index (χ1) is 13.6. The van der Waals surface area contributed by atoms with E-state index in [0.717, 1.165) is 15.8 Å². The van der Waals surface area contributed by atoms with Gasteiger partial charge in [-0.25, -0.2) is 4.98 Å². The average molecular weight is 412 g/mol. The summed E-state index contributed by atoms with van der Waals surface area (Å²) < 4.78 is 1.05. The Morgan fingerprint density at radius 2 is 2.00 bits per heavy atom. The quantitative estimate of drug-likeness (QED) is 0.558. The summed E-state index contributed by atoms with van der Waals surface area (Å²) in [6.45, 7) is 1.98. The number of rotatable bonds is 5. The number of carbonyl (C=O) groups is 2. The molecule has 1 aromatic heterocycles. The van der Waals surface area contributed by atoms with Crippen molar-refractivity contribution in [1.29, 1.82) is 0 Å². The van der Waals surface area contributed by atoms with Gasteiger partial charge in [0.15, 0.2) is 5.17 Å². The van der Waals surface area contributed by atoms with E-state index in [9.17, 15) is 9.59 Å². The highest BCUT2D eigenvalue weighted by molar-refractivity contribution is 8.15. The number of para-hydroxylation sites is 1. The maximum Gasteiger partial charge on any atom is 0.240 e. The van der Waals surface area contributed by atoms with Crippen LogP contribution in [0.2, 0.25) is 0 Å². The van der Waals surface area contributed by atoms with Crippen molar-refractivity contribution in [1.82, 2.24) is 10.3 Å². The number of fused-ring (bicyclic) bond motifs is 1. The van der Waals surface area contributed by atoms with E-state index in [0.29, 0.717) is 16.0 Å². The van der Waals surface area contributed by atoms with Gasteiger partial charge < -0.3 is 10.6 Å². The number of aromatic nitrogens is 1. The highest BCUT2D eigenvalue weighted by atomic mass is 32.2. The Balaban J connectivity index is 1.34. The maximum atomic E-state index is 12.2. The van der Waals surface area contributed by atoms with Gasteiger partial charge in [-0.05, 0) is 31.2 Å². The van der Waals surface area contributed by atoms with Crippen LogP contribution in [0.1, 0.15) is 12.0 Å². The zero-order valence-corrected chi connectivity index (χ0v) is 16.6. The zero-order chi connectivity index (χ0) is 19.5. The molecule has 1 saturated heterocycles. The topological polar surface area (TPSA) is 95.5 Å². The van der Waals surface area contributed by atoms with Gasteiger partial charge in [0.1, 0.15) is 5.25 Å². The normalized spacial score (nSPS) is 17.7. The van der Waals surface area contributed by atoms with Crippen LogP contribution in [0.5, 0.6) is 0 Å². The molecule has 1 fully saturated rings. The number of hydrogen-bond donors (Lipinski definition) is 3. The standard InChI is InChI=1S/C19H17N5O2S2/c1-11-6-8-12(9-7-11)20-16(25)10-15-17(26)22-19(28-15)24-23-18-21-13-4-2-3-5-14(13)27-18/h2-9,15H,10H2,1H3,(H,20,25)(H,21,23)(H,22,24,26)/t15-/m1/s1. The first kappa shape index (κ1) is 18.5. The van der Waals surface area contributed by atoms with Crippen LogP contribution in [-0.2, 0) is 9.59 Å². The fraction of sp³-hybridized carbons (Fsp3) is 0.158. The van der Waals surface area contributed by atoms with Crippen molar-refractivity contribution in [3.05, 3.63) is 54.1 Å². The number of aryl methyl sites for hydroxylation is 1. The molecule has 1 atom stereocenters. The number of nitrogens with zero attached hydrogens (tertiary/aromatic N) is 2. The van der Waals surface area contributed by atoms with Gasteiger partial charge >= 0.3 is 0 Å². The highest BCUT2D eigenvalue weighted by Crippen LogP contribution is 2.27. The summed E-state index contributed by atoms with van der Waals surface area (Å²) in [4.78, 5) is 28.8. The fourth-order valence-corrected chi connectivity index (χ4v) is 4.36. The van der Waals surface area contributed by atoms with Crippen LogP contribution >= 0.6 is 23.1 Å². The second-order valence-corrected chi connectivity index (χ2v) is 8.45. The molecule has 142 valence electrons. The third-order valence-corrected chi connectivity index (χ3v) is 6.05. The number of benzene rings is 2. The van der Waals surface area contributed by atoms with Crippen LogP contribution in [0, 0.1) is 6.92 Å². The van der Waals surface area contributed by atoms with Crippen molar-refractivity contribution in [3.63, 3.8) is 0 Å². The van der Waals surface area contributed by atoms with Crippen LogP contribution < -0.4 is 16.1 Å². The molecule has 2 amide bonds. The minimum absolute atomic E-state index is 0.0739. The number of carbonyl (C=O) groups excluding carboxylic acids is 2. The van der Waals surface area contributed by atoms with E-state index in [1.165, 1.54) is 23.1 Å². The minimum Gasteiger partial charge on any atom is -0.326 e. The lowest BCUT2D eigenvalue weighted by molar-refractivity contribution is -0.122. The molecule has 0 radical (unpaired) electrons. The molecular formula is C19H17N5O2S2. The Morgan fingerprint density at radius 1 is 1.21 bits per heavy atom. The van der Waals surface area contributed by atoms with E-state index < -0.39 is 5.25 Å². The van der Waals surface area contributed by atoms with Crippen LogP contribution in [0.15, 0.2) is 53.6 Å². The molecule has 0 saturated carbocycles. The van der Waals surface area contributed by atoms with Crippen molar-refractivity contribution >= 4 is 61.1 Å². The van der Waals surface area contributed by atoms with Gasteiger partial charge in [-0.15, -0.1) is 5.10 Å². The lowest BCUT2D eigenvalue weighted by Gasteiger charge is -2.07. The number of thioether (sulfide) groups is 1. The first-order valence-electron chi connectivity index (χ1n) is 8.60. The molecule has 0 spiro atoms. The van der Waals surface area contributed by atoms with Crippen molar-refractivity contribution in [2.45, 2.75) is 18.6 Å². The largest absolute Gasteiger partial charge is 0.326 e. The predicted molar refractivity (Wildman–Crippen MR) is 115 cm³/mol. The third-order valence-electron chi connectivity index (χ3n) is 4.03. The number of hydrogen-bond acceptors (Lipinski definition) is 7. The van der Waals surface area contributed by atoms with E-state index in [1.807, 2.05) is 55.5 Å². The molecule has 4 rings (SSSR count). The molecule has 2 heterocycles. The van der Waals surface area contributed by atoms with Gasteiger partial charge in [0.2, 0.25) is 16.9 Å². The molecule has 0 unspecified atom stereocenters. The van der Waals surface area contributed by atoms with Gasteiger partial charge in [-0.3, -0.25) is 15.0 Å². The summed E-state index contributed by atoms with van der Waals surface area (Å²) in [5.41, 5.74) is 5.60. The molecule has 0 bridgehead atoms. The van der Waals surface area contributed by atoms with E-state index >= 15 is 0 Å². The number of anilines is 2. The Labute approximate surface area is 169 Å². The third kappa shape index (κ3) is 4.32. The molecular weight excluding hydrogens is 394 g/mol.